The minimum absolute atomic E-state index is 0.0386. The number of rotatable bonds is 5. The SMILES string of the molecule is COc1ccc2c(c1)CCCC2NC(=O)C(C)Oc1ccc2c(c1)CCCC2. The van der Waals surface area contributed by atoms with Crippen molar-refractivity contribution in [3.63, 3.8) is 0 Å². The highest BCUT2D eigenvalue weighted by Gasteiger charge is 2.25. The molecule has 2 unspecified atom stereocenters. The van der Waals surface area contributed by atoms with Crippen LogP contribution in [-0.4, -0.2) is 19.1 Å². The second kappa shape index (κ2) is 8.26. The van der Waals surface area contributed by atoms with Crippen LogP contribution >= 0.6 is 0 Å². The van der Waals surface area contributed by atoms with Crippen molar-refractivity contribution in [1.29, 1.82) is 0 Å². The molecule has 28 heavy (non-hydrogen) atoms. The van der Waals surface area contributed by atoms with Gasteiger partial charge < -0.3 is 14.8 Å². The summed E-state index contributed by atoms with van der Waals surface area (Å²) < 4.78 is 11.3. The van der Waals surface area contributed by atoms with E-state index in [4.69, 9.17) is 9.47 Å². The van der Waals surface area contributed by atoms with Gasteiger partial charge in [0.1, 0.15) is 11.5 Å². The topological polar surface area (TPSA) is 47.6 Å². The van der Waals surface area contributed by atoms with Gasteiger partial charge in [-0.3, -0.25) is 4.79 Å². The lowest BCUT2D eigenvalue weighted by atomic mass is 9.87. The Labute approximate surface area is 167 Å². The summed E-state index contributed by atoms with van der Waals surface area (Å²) in [6.07, 6.45) is 7.28. The summed E-state index contributed by atoms with van der Waals surface area (Å²) in [5.74, 6) is 1.60. The molecule has 148 valence electrons. The molecule has 2 aliphatic rings. The van der Waals surface area contributed by atoms with Crippen LogP contribution in [0.25, 0.3) is 0 Å². The molecule has 0 aliphatic heterocycles. The maximum Gasteiger partial charge on any atom is 0.261 e. The maximum absolute atomic E-state index is 12.8. The third kappa shape index (κ3) is 4.01. The van der Waals surface area contributed by atoms with Gasteiger partial charge in [-0.2, -0.15) is 0 Å². The molecule has 0 radical (unpaired) electrons. The molecule has 4 heteroatoms. The Hall–Kier alpha value is -2.49. The fraction of sp³-hybridized carbons (Fsp3) is 0.458. The third-order valence-electron chi connectivity index (χ3n) is 5.98. The first kappa shape index (κ1) is 18.9. The molecule has 0 fully saturated rings. The van der Waals surface area contributed by atoms with Crippen LogP contribution in [0.15, 0.2) is 36.4 Å². The average molecular weight is 380 g/mol. The molecule has 2 aromatic rings. The zero-order chi connectivity index (χ0) is 19.5. The van der Waals surface area contributed by atoms with Crippen LogP contribution in [-0.2, 0) is 24.1 Å². The van der Waals surface area contributed by atoms with Crippen molar-refractivity contribution in [2.75, 3.05) is 7.11 Å². The largest absolute Gasteiger partial charge is 0.497 e. The predicted molar refractivity (Wildman–Crippen MR) is 110 cm³/mol. The molecule has 2 aromatic carbocycles. The second-order valence-corrected chi connectivity index (χ2v) is 7.92. The summed E-state index contributed by atoms with van der Waals surface area (Å²) in [5, 5.41) is 3.19. The monoisotopic (exact) mass is 379 g/mol. The number of amides is 1. The Morgan fingerprint density at radius 1 is 0.964 bits per heavy atom. The number of nitrogens with one attached hydrogen (secondary N) is 1. The van der Waals surface area contributed by atoms with Crippen molar-refractivity contribution in [3.05, 3.63) is 58.7 Å². The smallest absolute Gasteiger partial charge is 0.261 e. The Morgan fingerprint density at radius 3 is 2.50 bits per heavy atom. The Kier molecular flexibility index (Phi) is 5.56. The first-order valence-corrected chi connectivity index (χ1v) is 10.4. The van der Waals surface area contributed by atoms with Crippen LogP contribution in [0, 0.1) is 0 Å². The van der Waals surface area contributed by atoms with E-state index in [1.807, 2.05) is 19.1 Å². The molecular weight excluding hydrogens is 350 g/mol. The number of aryl methyl sites for hydroxylation is 3. The zero-order valence-electron chi connectivity index (χ0n) is 16.8. The summed E-state index contributed by atoms with van der Waals surface area (Å²) in [4.78, 5) is 12.8. The van der Waals surface area contributed by atoms with Crippen LogP contribution in [0.4, 0.5) is 0 Å². The highest BCUT2D eigenvalue weighted by molar-refractivity contribution is 5.81. The van der Waals surface area contributed by atoms with Gasteiger partial charge in [0, 0.05) is 0 Å². The second-order valence-electron chi connectivity index (χ2n) is 7.92. The van der Waals surface area contributed by atoms with Gasteiger partial charge in [-0.15, -0.1) is 0 Å². The average Bonchev–Trinajstić information content (AvgIpc) is 2.73. The summed E-state index contributed by atoms with van der Waals surface area (Å²) in [6, 6.07) is 12.4. The van der Waals surface area contributed by atoms with E-state index in [2.05, 4.69) is 29.6 Å². The Balaban J connectivity index is 1.41. The van der Waals surface area contributed by atoms with Gasteiger partial charge in [-0.1, -0.05) is 12.1 Å². The van der Waals surface area contributed by atoms with E-state index >= 15 is 0 Å². The number of hydrogen-bond acceptors (Lipinski definition) is 3. The highest BCUT2D eigenvalue weighted by atomic mass is 16.5. The van der Waals surface area contributed by atoms with Gasteiger partial charge in [0.25, 0.3) is 5.91 Å². The fourth-order valence-electron chi connectivity index (χ4n) is 4.40. The van der Waals surface area contributed by atoms with Gasteiger partial charge in [-0.25, -0.2) is 0 Å². The summed E-state index contributed by atoms with van der Waals surface area (Å²) in [5.41, 5.74) is 5.25. The number of ether oxygens (including phenoxy) is 2. The standard InChI is InChI=1S/C24H29NO3/c1-16(28-21-11-10-17-6-3-4-7-18(17)14-21)24(26)25-23-9-5-8-19-15-20(27-2)12-13-22(19)23/h10-16,23H,3-9H2,1-2H3,(H,25,26). The highest BCUT2D eigenvalue weighted by Crippen LogP contribution is 2.32. The molecule has 4 rings (SSSR count). The molecule has 0 aromatic heterocycles. The number of fused-ring (bicyclic) bond motifs is 2. The van der Waals surface area contributed by atoms with E-state index in [1.54, 1.807) is 7.11 Å². The van der Waals surface area contributed by atoms with Crippen molar-refractivity contribution in [1.82, 2.24) is 5.32 Å². The maximum atomic E-state index is 12.8. The zero-order valence-corrected chi connectivity index (χ0v) is 16.8. The number of methoxy groups -OCH3 is 1. The normalized spacial score (nSPS) is 19.1. The molecule has 2 aliphatic carbocycles. The molecular formula is C24H29NO3. The quantitative estimate of drug-likeness (QED) is 0.830. The Bertz CT molecular complexity index is 861. The summed E-state index contributed by atoms with van der Waals surface area (Å²) in [6.45, 7) is 1.83. The van der Waals surface area contributed by atoms with E-state index in [9.17, 15) is 4.79 Å². The van der Waals surface area contributed by atoms with E-state index in [1.165, 1.54) is 35.1 Å². The number of carbonyl (C=O) groups is 1. The van der Waals surface area contributed by atoms with Crippen LogP contribution in [0.3, 0.4) is 0 Å². The molecule has 4 nitrogen and oxygen atoms in total. The van der Waals surface area contributed by atoms with Crippen molar-refractivity contribution in [2.45, 2.75) is 64.0 Å². The van der Waals surface area contributed by atoms with Gasteiger partial charge in [0.2, 0.25) is 0 Å². The van der Waals surface area contributed by atoms with E-state index < -0.39 is 6.10 Å². The molecule has 0 saturated heterocycles. The lowest BCUT2D eigenvalue weighted by molar-refractivity contribution is -0.128. The van der Waals surface area contributed by atoms with Crippen LogP contribution < -0.4 is 14.8 Å². The number of hydrogen-bond donors (Lipinski definition) is 1. The molecule has 0 bridgehead atoms. The summed E-state index contributed by atoms with van der Waals surface area (Å²) in [7, 11) is 1.68. The summed E-state index contributed by atoms with van der Waals surface area (Å²) >= 11 is 0. The van der Waals surface area contributed by atoms with E-state index in [0.717, 1.165) is 43.6 Å². The lowest BCUT2D eigenvalue weighted by Crippen LogP contribution is -2.39. The molecule has 0 spiro atoms. The molecule has 0 saturated carbocycles. The van der Waals surface area contributed by atoms with Crippen LogP contribution in [0.5, 0.6) is 11.5 Å². The van der Waals surface area contributed by atoms with Crippen LogP contribution in [0.1, 0.15) is 60.9 Å². The van der Waals surface area contributed by atoms with Crippen LogP contribution in [0.2, 0.25) is 0 Å². The first-order valence-electron chi connectivity index (χ1n) is 10.4. The van der Waals surface area contributed by atoms with Gasteiger partial charge in [-0.05, 0) is 98.4 Å². The fourth-order valence-corrected chi connectivity index (χ4v) is 4.40. The minimum Gasteiger partial charge on any atom is -0.497 e. The predicted octanol–water partition coefficient (Wildman–Crippen LogP) is 4.54. The van der Waals surface area contributed by atoms with Crippen molar-refractivity contribution >= 4 is 5.91 Å². The van der Waals surface area contributed by atoms with Crippen molar-refractivity contribution < 1.29 is 14.3 Å². The third-order valence-corrected chi connectivity index (χ3v) is 5.98. The molecule has 2 atom stereocenters. The molecule has 0 heterocycles. The van der Waals surface area contributed by atoms with Crippen molar-refractivity contribution in [2.24, 2.45) is 0 Å². The lowest BCUT2D eigenvalue weighted by Gasteiger charge is -2.28. The first-order chi connectivity index (χ1) is 13.6. The number of benzene rings is 2. The molecule has 1 N–H and O–H groups in total. The van der Waals surface area contributed by atoms with Gasteiger partial charge in [0.05, 0.1) is 13.2 Å². The van der Waals surface area contributed by atoms with Gasteiger partial charge >= 0.3 is 0 Å². The van der Waals surface area contributed by atoms with E-state index in [-0.39, 0.29) is 11.9 Å². The van der Waals surface area contributed by atoms with E-state index in [0.29, 0.717) is 0 Å². The number of carbonyl (C=O) groups excluding carboxylic acids is 1. The Morgan fingerprint density at radius 2 is 1.68 bits per heavy atom. The van der Waals surface area contributed by atoms with Gasteiger partial charge in [0.15, 0.2) is 6.10 Å². The van der Waals surface area contributed by atoms with Crippen molar-refractivity contribution in [3.8, 4) is 11.5 Å². The minimum atomic E-state index is -0.523. The molecule has 1 amide bonds.